The minimum atomic E-state index is -0.586. The lowest BCUT2D eigenvalue weighted by molar-refractivity contribution is -0.121. The van der Waals surface area contributed by atoms with Crippen molar-refractivity contribution in [2.75, 3.05) is 19.6 Å². The highest BCUT2D eigenvalue weighted by molar-refractivity contribution is 5.76. The number of imidazole rings is 1. The van der Waals surface area contributed by atoms with Gasteiger partial charge in [0.25, 0.3) is 0 Å². The minimum absolute atomic E-state index is 0.0975. The average molecular weight is 380 g/mol. The molecule has 4 rings (SSSR count). The number of aryl methyl sites for hydroxylation is 1. The lowest BCUT2D eigenvalue weighted by Gasteiger charge is -2.30. The molecule has 0 bridgehead atoms. The minimum Gasteiger partial charge on any atom is -0.390 e. The third-order valence-corrected chi connectivity index (χ3v) is 5.05. The number of amides is 1. The Morgan fingerprint density at radius 3 is 2.93 bits per heavy atom. The number of benzene rings is 1. The van der Waals surface area contributed by atoms with Crippen molar-refractivity contribution in [1.82, 2.24) is 30.4 Å². The van der Waals surface area contributed by atoms with Gasteiger partial charge in [0.15, 0.2) is 0 Å². The van der Waals surface area contributed by atoms with Crippen LogP contribution in [0.5, 0.6) is 0 Å². The molecule has 2 aromatic heterocycles. The Kier molecular flexibility index (Phi) is 5.59. The molecule has 1 aliphatic rings. The normalized spacial score (nSPS) is 15.3. The number of nitrogens with one attached hydrogen (secondary N) is 2. The van der Waals surface area contributed by atoms with Crippen LogP contribution in [-0.4, -0.2) is 61.8 Å². The second-order valence-electron chi connectivity index (χ2n) is 7.18. The maximum Gasteiger partial charge on any atom is 0.220 e. The number of β-amino-alcohol motifs (C(OH)–C–C–N with tert-alkyl or cyclic N) is 1. The quantitative estimate of drug-likeness (QED) is 0.560. The molecule has 0 spiro atoms. The molecule has 3 aromatic rings. The number of aromatic nitrogens is 4. The summed E-state index contributed by atoms with van der Waals surface area (Å²) in [5.41, 5.74) is 4.26. The van der Waals surface area contributed by atoms with Gasteiger partial charge in [-0.25, -0.2) is 4.98 Å². The number of hydrogen-bond acceptors (Lipinski definition) is 6. The van der Waals surface area contributed by atoms with E-state index in [1.807, 2.05) is 6.07 Å². The summed E-state index contributed by atoms with van der Waals surface area (Å²) in [4.78, 5) is 21.8. The summed E-state index contributed by atoms with van der Waals surface area (Å²) >= 11 is 0. The Morgan fingerprint density at radius 2 is 2.07 bits per heavy atom. The molecular formula is C20H24N6O2. The Bertz CT molecular complexity index is 924. The number of rotatable bonds is 7. The fraction of sp³-hybridized carbons (Fsp3) is 0.400. The summed E-state index contributed by atoms with van der Waals surface area (Å²) in [7, 11) is 0. The molecule has 0 saturated heterocycles. The van der Waals surface area contributed by atoms with Gasteiger partial charge in [0.2, 0.25) is 5.91 Å². The molecule has 1 aromatic carbocycles. The van der Waals surface area contributed by atoms with E-state index in [4.69, 9.17) is 0 Å². The first-order valence-corrected chi connectivity index (χ1v) is 9.56. The molecule has 8 heteroatoms. The van der Waals surface area contributed by atoms with Crippen molar-refractivity contribution in [2.45, 2.75) is 31.9 Å². The fourth-order valence-corrected chi connectivity index (χ4v) is 3.57. The number of carbonyl (C=O) groups is 1. The first-order chi connectivity index (χ1) is 13.7. The van der Waals surface area contributed by atoms with Crippen LogP contribution in [0.1, 0.15) is 23.4 Å². The van der Waals surface area contributed by atoms with Gasteiger partial charge in [-0.3, -0.25) is 9.69 Å². The predicted molar refractivity (Wildman–Crippen MR) is 104 cm³/mol. The number of hydrogen-bond donors (Lipinski definition) is 3. The van der Waals surface area contributed by atoms with Crippen LogP contribution in [0, 0.1) is 0 Å². The molecule has 1 atom stereocenters. The molecule has 1 aliphatic heterocycles. The number of aliphatic hydroxyl groups excluding tert-OH is 1. The van der Waals surface area contributed by atoms with Gasteiger partial charge in [-0.05, 0) is 17.5 Å². The molecule has 0 saturated carbocycles. The first kappa shape index (κ1) is 18.5. The van der Waals surface area contributed by atoms with E-state index in [1.54, 1.807) is 12.4 Å². The highest BCUT2D eigenvalue weighted by Gasteiger charge is 2.18. The smallest absolute Gasteiger partial charge is 0.220 e. The summed E-state index contributed by atoms with van der Waals surface area (Å²) < 4.78 is 0. The van der Waals surface area contributed by atoms with Crippen molar-refractivity contribution in [3.8, 4) is 0 Å². The van der Waals surface area contributed by atoms with Crippen LogP contribution >= 0.6 is 0 Å². The van der Waals surface area contributed by atoms with Crippen molar-refractivity contribution in [1.29, 1.82) is 0 Å². The van der Waals surface area contributed by atoms with Gasteiger partial charge in [-0.15, -0.1) is 0 Å². The van der Waals surface area contributed by atoms with Crippen molar-refractivity contribution in [2.24, 2.45) is 0 Å². The van der Waals surface area contributed by atoms with Crippen molar-refractivity contribution in [3.05, 3.63) is 53.6 Å². The monoisotopic (exact) mass is 380 g/mol. The number of fused-ring (bicyclic) bond motifs is 2. The number of H-pyrrole nitrogens is 1. The predicted octanol–water partition coefficient (Wildman–Crippen LogP) is 0.821. The molecule has 3 N–H and O–H groups in total. The number of aliphatic hydroxyl groups is 1. The van der Waals surface area contributed by atoms with Crippen LogP contribution in [0.2, 0.25) is 0 Å². The largest absolute Gasteiger partial charge is 0.390 e. The van der Waals surface area contributed by atoms with Gasteiger partial charge in [0, 0.05) is 39.0 Å². The second-order valence-corrected chi connectivity index (χ2v) is 7.18. The van der Waals surface area contributed by atoms with Gasteiger partial charge in [0.05, 0.1) is 24.0 Å². The van der Waals surface area contributed by atoms with Crippen LogP contribution in [-0.2, 0) is 24.2 Å². The molecule has 1 unspecified atom stereocenters. The number of carbonyl (C=O) groups excluding carboxylic acids is 1. The SMILES string of the molecule is O=C(CCc1nc2cnncc2[nH]1)NCC(O)CN1CCc2ccccc2C1. The van der Waals surface area contributed by atoms with Crippen LogP contribution in [0.3, 0.4) is 0 Å². The zero-order chi connectivity index (χ0) is 19.3. The summed E-state index contributed by atoms with van der Waals surface area (Å²) in [5.74, 6) is 0.632. The molecule has 0 aliphatic carbocycles. The van der Waals surface area contributed by atoms with E-state index >= 15 is 0 Å². The Labute approximate surface area is 163 Å². The number of aromatic amines is 1. The van der Waals surface area contributed by atoms with E-state index in [2.05, 4.69) is 48.6 Å². The maximum absolute atomic E-state index is 12.1. The van der Waals surface area contributed by atoms with Crippen LogP contribution in [0.15, 0.2) is 36.7 Å². The van der Waals surface area contributed by atoms with Crippen LogP contribution in [0.25, 0.3) is 11.0 Å². The van der Waals surface area contributed by atoms with Crippen LogP contribution in [0.4, 0.5) is 0 Å². The van der Waals surface area contributed by atoms with E-state index in [0.29, 0.717) is 19.4 Å². The lowest BCUT2D eigenvalue weighted by atomic mass is 10.00. The lowest BCUT2D eigenvalue weighted by Crippen LogP contribution is -2.42. The van der Waals surface area contributed by atoms with Gasteiger partial charge in [-0.2, -0.15) is 10.2 Å². The summed E-state index contributed by atoms with van der Waals surface area (Å²) in [6.07, 6.45) is 4.42. The van der Waals surface area contributed by atoms with Gasteiger partial charge >= 0.3 is 0 Å². The van der Waals surface area contributed by atoms with E-state index in [9.17, 15) is 9.90 Å². The summed E-state index contributed by atoms with van der Waals surface area (Å²) in [6.45, 7) is 2.58. The molecule has 1 amide bonds. The fourth-order valence-electron chi connectivity index (χ4n) is 3.57. The highest BCUT2D eigenvalue weighted by Crippen LogP contribution is 2.18. The first-order valence-electron chi connectivity index (χ1n) is 9.56. The number of nitrogens with zero attached hydrogens (tertiary/aromatic N) is 4. The molecule has 146 valence electrons. The van der Waals surface area contributed by atoms with E-state index < -0.39 is 6.10 Å². The van der Waals surface area contributed by atoms with Crippen molar-refractivity contribution < 1.29 is 9.90 Å². The third-order valence-electron chi connectivity index (χ3n) is 5.05. The van der Waals surface area contributed by atoms with Crippen molar-refractivity contribution >= 4 is 16.9 Å². The topological polar surface area (TPSA) is 107 Å². The Morgan fingerprint density at radius 1 is 1.25 bits per heavy atom. The van der Waals surface area contributed by atoms with Gasteiger partial charge in [-0.1, -0.05) is 24.3 Å². The van der Waals surface area contributed by atoms with E-state index in [0.717, 1.165) is 36.4 Å². The molecule has 8 nitrogen and oxygen atoms in total. The molecule has 0 fully saturated rings. The van der Waals surface area contributed by atoms with Gasteiger partial charge in [0.1, 0.15) is 11.3 Å². The third kappa shape index (κ3) is 4.52. The highest BCUT2D eigenvalue weighted by atomic mass is 16.3. The van der Waals surface area contributed by atoms with Crippen molar-refractivity contribution in [3.63, 3.8) is 0 Å². The molecule has 28 heavy (non-hydrogen) atoms. The average Bonchev–Trinajstić information content (AvgIpc) is 3.14. The molecule has 3 heterocycles. The maximum atomic E-state index is 12.1. The van der Waals surface area contributed by atoms with E-state index in [-0.39, 0.29) is 12.5 Å². The summed E-state index contributed by atoms with van der Waals surface area (Å²) in [5, 5.41) is 20.7. The van der Waals surface area contributed by atoms with Crippen LogP contribution < -0.4 is 5.32 Å². The zero-order valence-electron chi connectivity index (χ0n) is 15.6. The zero-order valence-corrected chi connectivity index (χ0v) is 15.6. The van der Waals surface area contributed by atoms with E-state index in [1.165, 1.54) is 11.1 Å². The Balaban J connectivity index is 1.19. The summed E-state index contributed by atoms with van der Waals surface area (Å²) in [6, 6.07) is 8.42. The second kappa shape index (κ2) is 8.45. The Hall–Kier alpha value is -2.84. The molecular weight excluding hydrogens is 356 g/mol. The van der Waals surface area contributed by atoms with Gasteiger partial charge < -0.3 is 15.4 Å². The standard InChI is InChI=1S/C20H24N6O2/c27-16(13-26-8-7-14-3-1-2-4-15(14)12-26)9-21-20(28)6-5-19-24-17-10-22-23-11-18(17)25-19/h1-4,10-11,16,27H,5-9,12-13H2,(H,21,28)(H,24,25). The molecule has 0 radical (unpaired) electrons.